The number of ether oxygens (including phenoxy) is 2. The van der Waals surface area contributed by atoms with Crippen LogP contribution in [-0.4, -0.2) is 23.9 Å². The van der Waals surface area contributed by atoms with Crippen LogP contribution >= 0.6 is 15.9 Å². The molecule has 1 aromatic carbocycles. The summed E-state index contributed by atoms with van der Waals surface area (Å²) in [6, 6.07) is 1.98. The van der Waals surface area contributed by atoms with Gasteiger partial charge in [0.25, 0.3) is 0 Å². The summed E-state index contributed by atoms with van der Waals surface area (Å²) >= 11 is 3.66. The molecular weight excluding hydrogens is 296 g/mol. The number of rotatable bonds is 3. The molecule has 1 saturated carbocycles. The first-order chi connectivity index (χ1) is 8.52. The molecule has 0 spiro atoms. The molecule has 0 amide bonds. The Morgan fingerprint density at radius 1 is 1.56 bits per heavy atom. The van der Waals surface area contributed by atoms with E-state index in [2.05, 4.69) is 22.9 Å². The zero-order valence-corrected chi connectivity index (χ0v) is 12.2. The van der Waals surface area contributed by atoms with E-state index in [1.807, 2.05) is 6.07 Å². The molecule has 1 aliphatic carbocycles. The van der Waals surface area contributed by atoms with Crippen molar-refractivity contribution in [3.63, 3.8) is 0 Å². The largest absolute Gasteiger partial charge is 0.493 e. The van der Waals surface area contributed by atoms with Gasteiger partial charge in [-0.3, -0.25) is 0 Å². The second-order valence-electron chi connectivity index (χ2n) is 5.39. The van der Waals surface area contributed by atoms with E-state index in [0.717, 1.165) is 40.8 Å². The molecule has 0 saturated heterocycles. The summed E-state index contributed by atoms with van der Waals surface area (Å²) in [5, 5.41) is 10.1. The van der Waals surface area contributed by atoms with Gasteiger partial charge >= 0.3 is 0 Å². The SMILES string of the molecule is COc1cc(CC2(O)CC2)c(Br)c2c1OC(C)C2. The van der Waals surface area contributed by atoms with Crippen LogP contribution in [0.2, 0.25) is 0 Å². The third-order valence-electron chi connectivity index (χ3n) is 3.73. The quantitative estimate of drug-likeness (QED) is 0.932. The fraction of sp³-hybridized carbons (Fsp3) is 0.571. The van der Waals surface area contributed by atoms with E-state index in [-0.39, 0.29) is 6.10 Å². The fourth-order valence-electron chi connectivity index (χ4n) is 2.53. The van der Waals surface area contributed by atoms with Crippen molar-refractivity contribution in [1.82, 2.24) is 0 Å². The number of halogens is 1. The standard InChI is InChI=1S/C14H17BrO3/c1-8-5-10-12(15)9(7-14(16)3-4-14)6-11(17-2)13(10)18-8/h6,8,16H,3-5,7H2,1-2H3. The second-order valence-corrected chi connectivity index (χ2v) is 6.19. The molecule has 0 aromatic heterocycles. The lowest BCUT2D eigenvalue weighted by atomic mass is 10.0. The molecular formula is C14H17BrO3. The zero-order chi connectivity index (χ0) is 12.9. The number of fused-ring (bicyclic) bond motifs is 1. The van der Waals surface area contributed by atoms with Gasteiger partial charge in [0.05, 0.1) is 12.7 Å². The first-order valence-electron chi connectivity index (χ1n) is 6.30. The Kier molecular flexibility index (Phi) is 2.83. The normalized spacial score (nSPS) is 23.4. The molecule has 1 heterocycles. The van der Waals surface area contributed by atoms with Crippen LogP contribution in [-0.2, 0) is 12.8 Å². The summed E-state index contributed by atoms with van der Waals surface area (Å²) in [6.07, 6.45) is 3.55. The van der Waals surface area contributed by atoms with Crippen LogP contribution in [0.5, 0.6) is 11.5 Å². The topological polar surface area (TPSA) is 38.7 Å². The van der Waals surface area contributed by atoms with E-state index in [4.69, 9.17) is 9.47 Å². The van der Waals surface area contributed by atoms with Crippen LogP contribution in [0.3, 0.4) is 0 Å². The molecule has 3 rings (SSSR count). The Hall–Kier alpha value is -0.740. The van der Waals surface area contributed by atoms with Gasteiger partial charge < -0.3 is 14.6 Å². The molecule has 4 heteroatoms. The van der Waals surface area contributed by atoms with Gasteiger partial charge in [-0.2, -0.15) is 0 Å². The Bertz CT molecular complexity index is 494. The molecule has 2 aliphatic rings. The van der Waals surface area contributed by atoms with Crippen molar-refractivity contribution in [2.24, 2.45) is 0 Å². The highest BCUT2D eigenvalue weighted by Crippen LogP contribution is 2.47. The van der Waals surface area contributed by atoms with E-state index in [9.17, 15) is 5.11 Å². The molecule has 98 valence electrons. The Labute approximate surface area is 115 Å². The summed E-state index contributed by atoms with van der Waals surface area (Å²) < 4.78 is 12.3. The van der Waals surface area contributed by atoms with Crippen molar-refractivity contribution in [1.29, 1.82) is 0 Å². The molecule has 1 unspecified atom stereocenters. The smallest absolute Gasteiger partial charge is 0.166 e. The number of methoxy groups -OCH3 is 1. The van der Waals surface area contributed by atoms with E-state index in [1.54, 1.807) is 7.11 Å². The molecule has 0 bridgehead atoms. The average Bonchev–Trinajstić information content (AvgIpc) is 2.91. The van der Waals surface area contributed by atoms with E-state index < -0.39 is 5.60 Å². The number of hydrogen-bond acceptors (Lipinski definition) is 3. The van der Waals surface area contributed by atoms with E-state index in [0.29, 0.717) is 6.42 Å². The molecule has 0 radical (unpaired) electrons. The average molecular weight is 313 g/mol. The highest BCUT2D eigenvalue weighted by molar-refractivity contribution is 9.10. The van der Waals surface area contributed by atoms with Crippen LogP contribution in [0.15, 0.2) is 10.5 Å². The first-order valence-corrected chi connectivity index (χ1v) is 7.09. The molecule has 1 aliphatic heterocycles. The van der Waals surface area contributed by atoms with Crippen molar-refractivity contribution in [2.45, 2.75) is 44.3 Å². The van der Waals surface area contributed by atoms with E-state index in [1.165, 1.54) is 5.56 Å². The van der Waals surface area contributed by atoms with Crippen molar-refractivity contribution in [3.8, 4) is 11.5 Å². The van der Waals surface area contributed by atoms with Gasteiger partial charge in [0.15, 0.2) is 11.5 Å². The van der Waals surface area contributed by atoms with Crippen LogP contribution in [0.4, 0.5) is 0 Å². The third-order valence-corrected chi connectivity index (χ3v) is 4.72. The number of aliphatic hydroxyl groups is 1. The van der Waals surface area contributed by atoms with Crippen molar-refractivity contribution >= 4 is 15.9 Å². The Morgan fingerprint density at radius 2 is 2.28 bits per heavy atom. The Morgan fingerprint density at radius 3 is 2.89 bits per heavy atom. The highest BCUT2D eigenvalue weighted by Gasteiger charge is 2.41. The molecule has 3 nitrogen and oxygen atoms in total. The Balaban J connectivity index is 2.03. The molecule has 1 N–H and O–H groups in total. The van der Waals surface area contributed by atoms with Crippen LogP contribution in [0.1, 0.15) is 30.9 Å². The predicted molar refractivity (Wildman–Crippen MR) is 72.4 cm³/mol. The highest BCUT2D eigenvalue weighted by atomic mass is 79.9. The van der Waals surface area contributed by atoms with Gasteiger partial charge in [0.2, 0.25) is 0 Å². The molecule has 18 heavy (non-hydrogen) atoms. The maximum atomic E-state index is 10.1. The summed E-state index contributed by atoms with van der Waals surface area (Å²) in [5.74, 6) is 1.63. The number of benzene rings is 1. The summed E-state index contributed by atoms with van der Waals surface area (Å²) in [7, 11) is 1.66. The summed E-state index contributed by atoms with van der Waals surface area (Å²) in [6.45, 7) is 2.06. The minimum atomic E-state index is -0.493. The van der Waals surface area contributed by atoms with E-state index >= 15 is 0 Å². The molecule has 1 fully saturated rings. The monoisotopic (exact) mass is 312 g/mol. The van der Waals surface area contributed by atoms with Crippen molar-refractivity contribution in [3.05, 3.63) is 21.7 Å². The van der Waals surface area contributed by atoms with Crippen molar-refractivity contribution in [2.75, 3.05) is 7.11 Å². The molecule has 1 aromatic rings. The van der Waals surface area contributed by atoms with Gasteiger partial charge in [-0.15, -0.1) is 0 Å². The van der Waals surface area contributed by atoms with Gasteiger partial charge in [-0.05, 0) is 31.4 Å². The van der Waals surface area contributed by atoms with Crippen LogP contribution in [0.25, 0.3) is 0 Å². The van der Waals surface area contributed by atoms with Gasteiger partial charge in [-0.1, -0.05) is 15.9 Å². The third kappa shape index (κ3) is 2.01. The van der Waals surface area contributed by atoms with Crippen LogP contribution < -0.4 is 9.47 Å². The minimum Gasteiger partial charge on any atom is -0.493 e. The van der Waals surface area contributed by atoms with Gasteiger partial charge in [0.1, 0.15) is 6.10 Å². The lowest BCUT2D eigenvalue weighted by molar-refractivity contribution is 0.150. The number of hydrogen-bond donors (Lipinski definition) is 1. The first kappa shape index (κ1) is 12.3. The minimum absolute atomic E-state index is 0.185. The van der Waals surface area contributed by atoms with Gasteiger partial charge in [-0.25, -0.2) is 0 Å². The maximum absolute atomic E-state index is 10.1. The second kappa shape index (κ2) is 4.14. The summed E-state index contributed by atoms with van der Waals surface area (Å²) in [4.78, 5) is 0. The maximum Gasteiger partial charge on any atom is 0.166 e. The summed E-state index contributed by atoms with van der Waals surface area (Å²) in [5.41, 5.74) is 1.79. The predicted octanol–water partition coefficient (Wildman–Crippen LogP) is 2.85. The lowest BCUT2D eigenvalue weighted by Gasteiger charge is -2.15. The lowest BCUT2D eigenvalue weighted by Crippen LogP contribution is -2.11. The van der Waals surface area contributed by atoms with Crippen LogP contribution in [0, 0.1) is 0 Å². The van der Waals surface area contributed by atoms with Gasteiger partial charge in [0, 0.05) is 22.9 Å². The zero-order valence-electron chi connectivity index (χ0n) is 10.6. The fourth-order valence-corrected chi connectivity index (χ4v) is 3.12. The van der Waals surface area contributed by atoms with Crippen molar-refractivity contribution < 1.29 is 14.6 Å². The molecule has 1 atom stereocenters.